The van der Waals surface area contributed by atoms with Gasteiger partial charge in [-0.1, -0.05) is 6.07 Å². The number of amides is 1. The first-order chi connectivity index (χ1) is 7.49. The van der Waals surface area contributed by atoms with Gasteiger partial charge < -0.3 is 5.11 Å². The van der Waals surface area contributed by atoms with Crippen molar-refractivity contribution < 1.29 is 19.6 Å². The number of nitro groups is 1. The van der Waals surface area contributed by atoms with Crippen LogP contribution in [0, 0.1) is 10.1 Å². The van der Waals surface area contributed by atoms with Gasteiger partial charge in [-0.25, -0.2) is 10.6 Å². The van der Waals surface area contributed by atoms with Gasteiger partial charge in [-0.3, -0.25) is 20.3 Å². The van der Waals surface area contributed by atoms with E-state index in [1.54, 1.807) is 5.43 Å². The van der Waals surface area contributed by atoms with Crippen molar-refractivity contribution in [2.24, 2.45) is 5.84 Å². The molecule has 84 valence electrons. The second kappa shape index (κ2) is 4.36. The van der Waals surface area contributed by atoms with Gasteiger partial charge in [0, 0.05) is 6.07 Å². The molecule has 16 heavy (non-hydrogen) atoms. The van der Waals surface area contributed by atoms with E-state index in [-0.39, 0.29) is 0 Å². The quantitative estimate of drug-likeness (QED) is 0.284. The minimum Gasteiger partial charge on any atom is -0.478 e. The third-order valence-electron chi connectivity index (χ3n) is 1.83. The van der Waals surface area contributed by atoms with Gasteiger partial charge in [0.25, 0.3) is 11.6 Å². The summed E-state index contributed by atoms with van der Waals surface area (Å²) in [6.45, 7) is 0. The summed E-state index contributed by atoms with van der Waals surface area (Å²) in [5.41, 5.74) is 0.0146. The van der Waals surface area contributed by atoms with E-state index < -0.39 is 33.6 Å². The molecule has 8 nitrogen and oxygen atoms in total. The lowest BCUT2D eigenvalue weighted by molar-refractivity contribution is -0.385. The van der Waals surface area contributed by atoms with Crippen LogP contribution >= 0.6 is 0 Å². The summed E-state index contributed by atoms with van der Waals surface area (Å²) >= 11 is 0. The highest BCUT2D eigenvalue weighted by atomic mass is 16.6. The summed E-state index contributed by atoms with van der Waals surface area (Å²) < 4.78 is 0. The van der Waals surface area contributed by atoms with E-state index in [4.69, 9.17) is 10.9 Å². The maximum Gasteiger partial charge on any atom is 0.336 e. The van der Waals surface area contributed by atoms with Crippen LogP contribution in [0.2, 0.25) is 0 Å². The van der Waals surface area contributed by atoms with Crippen LogP contribution < -0.4 is 11.3 Å². The zero-order valence-electron chi connectivity index (χ0n) is 7.84. The van der Waals surface area contributed by atoms with Crippen molar-refractivity contribution in [2.45, 2.75) is 0 Å². The zero-order chi connectivity index (χ0) is 12.3. The Labute approximate surface area is 88.8 Å². The fourth-order valence-electron chi connectivity index (χ4n) is 1.18. The van der Waals surface area contributed by atoms with Crippen LogP contribution in [0.3, 0.4) is 0 Å². The van der Waals surface area contributed by atoms with Crippen molar-refractivity contribution in [1.29, 1.82) is 0 Å². The normalized spacial score (nSPS) is 9.56. The topological polar surface area (TPSA) is 136 Å². The van der Waals surface area contributed by atoms with E-state index in [1.165, 1.54) is 6.07 Å². The number of rotatable bonds is 3. The molecule has 0 bridgehead atoms. The molecular weight excluding hydrogens is 218 g/mol. The Hall–Kier alpha value is -2.48. The fraction of sp³-hybridized carbons (Fsp3) is 0. The molecule has 0 spiro atoms. The van der Waals surface area contributed by atoms with E-state index in [1.807, 2.05) is 0 Å². The first-order valence-electron chi connectivity index (χ1n) is 4.00. The number of nitrogen functional groups attached to an aromatic ring is 1. The summed E-state index contributed by atoms with van der Waals surface area (Å²) in [5.74, 6) is 2.36. The number of nitro benzene ring substituents is 1. The molecule has 1 rings (SSSR count). The molecule has 8 heteroatoms. The SMILES string of the molecule is NNC(=O)c1c(C(=O)O)cccc1[N+](=O)[O-]. The summed E-state index contributed by atoms with van der Waals surface area (Å²) in [6, 6.07) is 3.28. The molecule has 0 aliphatic heterocycles. The number of benzene rings is 1. The second-order valence-corrected chi connectivity index (χ2v) is 2.74. The number of nitrogens with zero attached hydrogens (tertiary/aromatic N) is 1. The van der Waals surface area contributed by atoms with Gasteiger partial charge in [-0.15, -0.1) is 0 Å². The van der Waals surface area contributed by atoms with E-state index in [0.29, 0.717) is 0 Å². The number of carbonyl (C=O) groups is 2. The Morgan fingerprint density at radius 3 is 2.50 bits per heavy atom. The molecule has 0 aliphatic rings. The highest BCUT2D eigenvalue weighted by Crippen LogP contribution is 2.22. The first kappa shape index (κ1) is 11.6. The monoisotopic (exact) mass is 225 g/mol. The maximum absolute atomic E-state index is 11.3. The largest absolute Gasteiger partial charge is 0.478 e. The Bertz CT molecular complexity index is 438. The van der Waals surface area contributed by atoms with Crippen molar-refractivity contribution in [3.8, 4) is 0 Å². The molecule has 0 saturated carbocycles. The number of carboxylic acid groups (broad SMARTS) is 1. The Morgan fingerprint density at radius 2 is 2.06 bits per heavy atom. The number of hydrogen-bond acceptors (Lipinski definition) is 5. The van der Waals surface area contributed by atoms with Crippen molar-refractivity contribution in [1.82, 2.24) is 5.43 Å². The smallest absolute Gasteiger partial charge is 0.336 e. The van der Waals surface area contributed by atoms with Gasteiger partial charge in [-0.2, -0.15) is 0 Å². The molecule has 0 fully saturated rings. The average molecular weight is 225 g/mol. The summed E-state index contributed by atoms with van der Waals surface area (Å²) in [7, 11) is 0. The first-order valence-corrected chi connectivity index (χ1v) is 4.00. The van der Waals surface area contributed by atoms with E-state index >= 15 is 0 Å². The minimum atomic E-state index is -1.44. The molecular formula is C8H7N3O5. The Kier molecular flexibility index (Phi) is 3.16. The summed E-state index contributed by atoms with van der Waals surface area (Å²) in [5, 5.41) is 19.4. The van der Waals surface area contributed by atoms with E-state index in [9.17, 15) is 19.7 Å². The number of hydrazine groups is 1. The van der Waals surface area contributed by atoms with E-state index in [2.05, 4.69) is 0 Å². The molecule has 0 radical (unpaired) electrons. The Balaban J connectivity index is 3.53. The highest BCUT2D eigenvalue weighted by Gasteiger charge is 2.26. The van der Waals surface area contributed by atoms with Crippen LogP contribution in [0.15, 0.2) is 18.2 Å². The predicted molar refractivity (Wildman–Crippen MR) is 51.7 cm³/mol. The maximum atomic E-state index is 11.3. The number of nitrogens with one attached hydrogen (secondary N) is 1. The lowest BCUT2D eigenvalue weighted by Crippen LogP contribution is -2.32. The number of nitrogens with two attached hydrogens (primary N) is 1. The van der Waals surface area contributed by atoms with Crippen LogP contribution in [0.4, 0.5) is 5.69 Å². The van der Waals surface area contributed by atoms with Gasteiger partial charge in [0.15, 0.2) is 0 Å². The number of carboxylic acids is 1. The van der Waals surface area contributed by atoms with Crippen LogP contribution in [0.1, 0.15) is 20.7 Å². The van der Waals surface area contributed by atoms with Gasteiger partial charge in [0.05, 0.1) is 10.5 Å². The molecule has 4 N–H and O–H groups in total. The standard InChI is InChI=1S/C8H7N3O5/c9-10-7(12)6-4(8(13)14)2-1-3-5(6)11(15)16/h1-3H,9H2,(H,10,12)(H,13,14). The third-order valence-corrected chi connectivity index (χ3v) is 1.83. The van der Waals surface area contributed by atoms with Gasteiger partial charge in [-0.05, 0) is 6.07 Å². The third kappa shape index (κ3) is 1.96. The predicted octanol–water partition coefficient (Wildman–Crippen LogP) is -0.104. The van der Waals surface area contributed by atoms with Crippen LogP contribution in [-0.4, -0.2) is 21.9 Å². The summed E-state index contributed by atoms with van der Waals surface area (Å²) in [4.78, 5) is 31.8. The molecule has 0 atom stereocenters. The molecule has 1 aromatic carbocycles. The van der Waals surface area contributed by atoms with Gasteiger partial charge >= 0.3 is 5.97 Å². The molecule has 0 heterocycles. The number of carbonyl (C=O) groups excluding carboxylic acids is 1. The van der Waals surface area contributed by atoms with Crippen molar-refractivity contribution in [3.63, 3.8) is 0 Å². The molecule has 1 aromatic rings. The molecule has 0 aliphatic carbocycles. The van der Waals surface area contributed by atoms with Crippen LogP contribution in [-0.2, 0) is 0 Å². The van der Waals surface area contributed by atoms with Gasteiger partial charge in [0.1, 0.15) is 5.56 Å². The van der Waals surface area contributed by atoms with Crippen LogP contribution in [0.5, 0.6) is 0 Å². The zero-order valence-corrected chi connectivity index (χ0v) is 7.84. The van der Waals surface area contributed by atoms with Crippen molar-refractivity contribution in [3.05, 3.63) is 39.4 Å². The number of hydrogen-bond donors (Lipinski definition) is 3. The summed E-state index contributed by atoms with van der Waals surface area (Å²) in [6.07, 6.45) is 0. The van der Waals surface area contributed by atoms with Gasteiger partial charge in [0.2, 0.25) is 0 Å². The second-order valence-electron chi connectivity index (χ2n) is 2.74. The van der Waals surface area contributed by atoms with Crippen molar-refractivity contribution in [2.75, 3.05) is 0 Å². The lowest BCUT2D eigenvalue weighted by atomic mass is 10.1. The fourth-order valence-corrected chi connectivity index (χ4v) is 1.18. The lowest BCUT2D eigenvalue weighted by Gasteiger charge is -2.04. The minimum absolute atomic E-state index is 0.475. The molecule has 0 saturated heterocycles. The number of aromatic carboxylic acids is 1. The van der Waals surface area contributed by atoms with E-state index in [0.717, 1.165) is 12.1 Å². The molecule has 1 amide bonds. The molecule has 0 unspecified atom stereocenters. The highest BCUT2D eigenvalue weighted by molar-refractivity contribution is 6.07. The van der Waals surface area contributed by atoms with Crippen molar-refractivity contribution >= 4 is 17.6 Å². The van der Waals surface area contributed by atoms with Crippen LogP contribution in [0.25, 0.3) is 0 Å². The molecule has 0 aromatic heterocycles. The Morgan fingerprint density at radius 1 is 1.44 bits per heavy atom. The average Bonchev–Trinajstić information content (AvgIpc) is 2.26.